The van der Waals surface area contributed by atoms with Crippen LogP contribution in [0, 0.1) is 5.92 Å². The first kappa shape index (κ1) is 14.5. The average Bonchev–Trinajstić information content (AvgIpc) is 2.79. The molecular formula is C13H12ClF2N3OS. The molecule has 112 valence electrons. The molecule has 0 unspecified atom stereocenters. The summed E-state index contributed by atoms with van der Waals surface area (Å²) < 4.78 is 25.1. The number of nitrogens with one attached hydrogen (secondary N) is 1. The van der Waals surface area contributed by atoms with E-state index in [1.165, 1.54) is 11.3 Å². The van der Waals surface area contributed by atoms with Gasteiger partial charge in [-0.2, -0.15) is 0 Å². The van der Waals surface area contributed by atoms with E-state index in [1.54, 1.807) is 6.07 Å². The van der Waals surface area contributed by atoms with Gasteiger partial charge in [0.1, 0.15) is 5.52 Å². The number of nitrogens with zero attached hydrogens (tertiary/aromatic N) is 2. The van der Waals surface area contributed by atoms with Gasteiger partial charge < -0.3 is 10.2 Å². The van der Waals surface area contributed by atoms with Crippen LogP contribution >= 0.6 is 22.9 Å². The maximum absolute atomic E-state index is 12.0. The van der Waals surface area contributed by atoms with Crippen molar-refractivity contribution in [1.82, 2.24) is 10.3 Å². The molecule has 1 saturated heterocycles. The van der Waals surface area contributed by atoms with Gasteiger partial charge in [0, 0.05) is 13.1 Å². The van der Waals surface area contributed by atoms with Crippen molar-refractivity contribution in [3.63, 3.8) is 0 Å². The molecule has 1 aromatic carbocycles. The Labute approximate surface area is 128 Å². The van der Waals surface area contributed by atoms with Crippen LogP contribution in [0.5, 0.6) is 0 Å². The molecule has 0 spiro atoms. The lowest BCUT2D eigenvalue weighted by Crippen LogP contribution is -2.54. The summed E-state index contributed by atoms with van der Waals surface area (Å²) in [7, 11) is 0. The zero-order chi connectivity index (χ0) is 15.0. The summed E-state index contributed by atoms with van der Waals surface area (Å²) in [6.07, 6.45) is -2.52. The summed E-state index contributed by atoms with van der Waals surface area (Å²) in [5.74, 6) is -0.586. The smallest absolute Gasteiger partial charge is 0.255 e. The van der Waals surface area contributed by atoms with Crippen LogP contribution in [0.3, 0.4) is 0 Å². The highest BCUT2D eigenvalue weighted by Gasteiger charge is 2.34. The third kappa shape index (κ3) is 2.94. The van der Waals surface area contributed by atoms with Crippen LogP contribution in [0.25, 0.3) is 10.2 Å². The van der Waals surface area contributed by atoms with Crippen LogP contribution in [0.15, 0.2) is 18.2 Å². The van der Waals surface area contributed by atoms with Crippen molar-refractivity contribution in [1.29, 1.82) is 0 Å². The Hall–Kier alpha value is -1.47. The fraction of sp³-hybridized carbons (Fsp3) is 0.385. The number of halogens is 3. The molecule has 3 rings (SSSR count). The molecule has 0 aliphatic carbocycles. The van der Waals surface area contributed by atoms with Crippen LogP contribution in [0.4, 0.5) is 13.9 Å². The predicted molar refractivity (Wildman–Crippen MR) is 79.3 cm³/mol. The number of amides is 1. The van der Waals surface area contributed by atoms with E-state index in [2.05, 4.69) is 10.3 Å². The minimum absolute atomic E-state index is 0.258. The van der Waals surface area contributed by atoms with E-state index < -0.39 is 13.0 Å². The van der Waals surface area contributed by atoms with Crippen LogP contribution in [0.1, 0.15) is 0 Å². The third-order valence-electron chi connectivity index (χ3n) is 3.31. The molecule has 0 atom stereocenters. The van der Waals surface area contributed by atoms with Gasteiger partial charge in [0.25, 0.3) is 6.43 Å². The lowest BCUT2D eigenvalue weighted by atomic mass is 10.0. The Morgan fingerprint density at radius 2 is 2.29 bits per heavy atom. The van der Waals surface area contributed by atoms with Gasteiger partial charge in [0.2, 0.25) is 5.91 Å². The van der Waals surface area contributed by atoms with Gasteiger partial charge in [-0.3, -0.25) is 4.79 Å². The van der Waals surface area contributed by atoms with E-state index in [0.29, 0.717) is 18.1 Å². The Kier molecular flexibility index (Phi) is 3.95. The monoisotopic (exact) mass is 331 g/mol. The van der Waals surface area contributed by atoms with Crippen molar-refractivity contribution in [2.24, 2.45) is 5.92 Å². The molecular weight excluding hydrogens is 320 g/mol. The van der Waals surface area contributed by atoms with Gasteiger partial charge in [-0.25, -0.2) is 13.8 Å². The van der Waals surface area contributed by atoms with E-state index in [1.807, 2.05) is 17.0 Å². The first-order valence-electron chi connectivity index (χ1n) is 6.40. The fourth-order valence-electron chi connectivity index (χ4n) is 2.16. The number of alkyl halides is 2. The van der Waals surface area contributed by atoms with Crippen molar-refractivity contribution in [2.75, 3.05) is 24.5 Å². The molecule has 8 heteroatoms. The molecule has 1 N–H and O–H groups in total. The number of para-hydroxylation sites is 1. The van der Waals surface area contributed by atoms with Crippen molar-refractivity contribution >= 4 is 44.2 Å². The summed E-state index contributed by atoms with van der Waals surface area (Å²) in [5.41, 5.74) is 0.754. The number of aromatic nitrogens is 1. The first-order valence-corrected chi connectivity index (χ1v) is 7.60. The molecule has 1 aromatic heterocycles. The minimum atomic E-state index is -2.52. The van der Waals surface area contributed by atoms with Crippen molar-refractivity contribution in [3.8, 4) is 0 Å². The number of benzene rings is 1. The maximum atomic E-state index is 12.0. The van der Waals surface area contributed by atoms with Gasteiger partial charge in [-0.05, 0) is 12.1 Å². The highest BCUT2D eigenvalue weighted by atomic mass is 35.5. The Bertz CT molecular complexity index is 672. The van der Waals surface area contributed by atoms with Gasteiger partial charge in [0.15, 0.2) is 5.13 Å². The van der Waals surface area contributed by atoms with Crippen molar-refractivity contribution in [2.45, 2.75) is 6.43 Å². The van der Waals surface area contributed by atoms with E-state index in [9.17, 15) is 13.6 Å². The number of hydrogen-bond donors (Lipinski definition) is 1. The Morgan fingerprint density at radius 3 is 2.95 bits per heavy atom. The quantitative estimate of drug-likeness (QED) is 0.937. The molecule has 1 amide bonds. The van der Waals surface area contributed by atoms with E-state index in [-0.39, 0.29) is 11.8 Å². The number of thiazole rings is 1. The van der Waals surface area contributed by atoms with Crippen LogP contribution < -0.4 is 10.2 Å². The van der Waals surface area contributed by atoms with Gasteiger partial charge in [-0.1, -0.05) is 29.0 Å². The summed E-state index contributed by atoms with van der Waals surface area (Å²) in [6, 6.07) is 5.59. The number of carbonyl (C=O) groups is 1. The SMILES string of the molecule is O=C(NCC(F)F)C1CN(c2nc3c(Cl)cccc3s2)C1. The second-order valence-corrected chi connectivity index (χ2v) is 6.24. The average molecular weight is 332 g/mol. The third-order valence-corrected chi connectivity index (χ3v) is 4.70. The van der Waals surface area contributed by atoms with Gasteiger partial charge >= 0.3 is 0 Å². The number of carbonyl (C=O) groups excluding carboxylic acids is 1. The number of hydrogen-bond acceptors (Lipinski definition) is 4. The normalized spacial score (nSPS) is 15.5. The molecule has 21 heavy (non-hydrogen) atoms. The van der Waals surface area contributed by atoms with Crippen molar-refractivity contribution < 1.29 is 13.6 Å². The van der Waals surface area contributed by atoms with E-state index >= 15 is 0 Å². The first-order chi connectivity index (χ1) is 10.0. The lowest BCUT2D eigenvalue weighted by molar-refractivity contribution is -0.126. The molecule has 2 aromatic rings. The van der Waals surface area contributed by atoms with Crippen LogP contribution in [0.2, 0.25) is 5.02 Å². The summed E-state index contributed by atoms with van der Waals surface area (Å²) in [4.78, 5) is 18.0. The zero-order valence-electron chi connectivity index (χ0n) is 10.9. The molecule has 0 saturated carbocycles. The summed E-state index contributed by atoms with van der Waals surface area (Å²) in [6.45, 7) is 0.394. The Balaban J connectivity index is 1.62. The molecule has 1 aliphatic heterocycles. The number of fused-ring (bicyclic) bond motifs is 1. The van der Waals surface area contributed by atoms with Gasteiger partial charge in [-0.15, -0.1) is 0 Å². The topological polar surface area (TPSA) is 45.2 Å². The lowest BCUT2D eigenvalue weighted by Gasteiger charge is -2.37. The molecule has 2 heterocycles. The summed E-state index contributed by atoms with van der Waals surface area (Å²) in [5, 5.41) is 3.64. The second kappa shape index (κ2) is 5.73. The molecule has 1 fully saturated rings. The number of rotatable bonds is 4. The van der Waals surface area contributed by atoms with Gasteiger partial charge in [0.05, 0.1) is 22.2 Å². The van der Waals surface area contributed by atoms with Crippen LogP contribution in [-0.2, 0) is 4.79 Å². The highest BCUT2D eigenvalue weighted by molar-refractivity contribution is 7.22. The fourth-order valence-corrected chi connectivity index (χ4v) is 3.44. The minimum Gasteiger partial charge on any atom is -0.350 e. The predicted octanol–water partition coefficient (Wildman–Crippen LogP) is 2.77. The molecule has 4 nitrogen and oxygen atoms in total. The zero-order valence-corrected chi connectivity index (χ0v) is 12.4. The molecule has 0 radical (unpaired) electrons. The van der Waals surface area contributed by atoms with Crippen LogP contribution in [-0.4, -0.2) is 37.0 Å². The maximum Gasteiger partial charge on any atom is 0.255 e. The standard InChI is InChI=1S/C13H12ClF2N3OS/c14-8-2-1-3-9-11(8)18-13(21-9)19-5-7(6-19)12(20)17-4-10(15)16/h1-3,7,10H,4-6H2,(H,17,20). The molecule has 0 bridgehead atoms. The highest BCUT2D eigenvalue weighted by Crippen LogP contribution is 2.35. The number of anilines is 1. The van der Waals surface area contributed by atoms with Crippen molar-refractivity contribution in [3.05, 3.63) is 23.2 Å². The van der Waals surface area contributed by atoms with E-state index in [4.69, 9.17) is 11.6 Å². The largest absolute Gasteiger partial charge is 0.350 e. The second-order valence-electron chi connectivity index (χ2n) is 4.82. The Morgan fingerprint density at radius 1 is 1.52 bits per heavy atom. The van der Waals surface area contributed by atoms with E-state index in [0.717, 1.165) is 15.3 Å². The molecule has 1 aliphatic rings. The summed E-state index contributed by atoms with van der Waals surface area (Å²) >= 11 is 7.58.